The lowest BCUT2D eigenvalue weighted by molar-refractivity contribution is 0.326. The molecule has 0 bridgehead atoms. The number of hydrogen-bond acceptors (Lipinski definition) is 5. The molecule has 162 valence electrons. The molecule has 3 rings (SSSR count). The average molecular weight is 438 g/mol. The van der Waals surface area contributed by atoms with E-state index in [-0.39, 0.29) is 10.6 Å². The molecule has 6 heteroatoms. The van der Waals surface area contributed by atoms with Gasteiger partial charge in [0.1, 0.15) is 4.90 Å². The molecule has 0 aromatic heterocycles. The molecule has 0 radical (unpaired) electrons. The molecule has 3 aromatic rings. The molecule has 1 N–H and O–H groups in total. The summed E-state index contributed by atoms with van der Waals surface area (Å²) in [5.41, 5.74) is 3.83. The maximum Gasteiger partial charge on any atom is 0.339 e. The zero-order valence-electron chi connectivity index (χ0n) is 17.8. The van der Waals surface area contributed by atoms with Crippen molar-refractivity contribution >= 4 is 15.8 Å². The lowest BCUT2D eigenvalue weighted by Gasteiger charge is -2.18. The fourth-order valence-corrected chi connectivity index (χ4v) is 4.20. The molecule has 0 heterocycles. The first-order valence-electron chi connectivity index (χ1n) is 10.1. The highest BCUT2D eigenvalue weighted by molar-refractivity contribution is 7.87. The van der Waals surface area contributed by atoms with E-state index in [1.54, 1.807) is 24.3 Å². The second-order valence-corrected chi connectivity index (χ2v) is 8.57. The van der Waals surface area contributed by atoms with E-state index in [0.717, 1.165) is 16.8 Å². The van der Waals surface area contributed by atoms with Crippen molar-refractivity contribution in [2.24, 2.45) is 0 Å². The number of nitrogens with one attached hydrogen (secondary N) is 1. The lowest BCUT2D eigenvalue weighted by Crippen LogP contribution is -2.13. The number of rotatable bonds is 10. The second kappa shape index (κ2) is 10.2. The lowest BCUT2D eigenvalue weighted by atomic mass is 10.1. The number of benzene rings is 3. The van der Waals surface area contributed by atoms with Gasteiger partial charge in [0.15, 0.2) is 11.5 Å². The van der Waals surface area contributed by atoms with Crippen LogP contribution in [0.1, 0.15) is 23.6 Å². The van der Waals surface area contributed by atoms with E-state index in [0.29, 0.717) is 30.9 Å². The molecule has 0 fully saturated rings. The van der Waals surface area contributed by atoms with Gasteiger partial charge in [0.25, 0.3) is 0 Å². The Hall–Kier alpha value is -3.25. The van der Waals surface area contributed by atoms with Crippen molar-refractivity contribution in [1.82, 2.24) is 0 Å². The molecule has 0 spiro atoms. The van der Waals surface area contributed by atoms with Crippen molar-refractivity contribution in [2.45, 2.75) is 31.7 Å². The van der Waals surface area contributed by atoms with E-state index in [1.807, 2.05) is 50.2 Å². The van der Waals surface area contributed by atoms with E-state index in [4.69, 9.17) is 8.92 Å². The Balaban J connectivity index is 1.96. The highest BCUT2D eigenvalue weighted by atomic mass is 32.2. The van der Waals surface area contributed by atoms with E-state index >= 15 is 0 Å². The molecule has 0 amide bonds. The Kier molecular flexibility index (Phi) is 7.36. The van der Waals surface area contributed by atoms with E-state index in [9.17, 15) is 8.42 Å². The van der Waals surface area contributed by atoms with Gasteiger partial charge in [-0.3, -0.25) is 0 Å². The Morgan fingerprint density at radius 2 is 1.74 bits per heavy atom. The van der Waals surface area contributed by atoms with Crippen LogP contribution in [0.3, 0.4) is 0 Å². The molecular formula is C25H27NO4S. The molecule has 0 aliphatic heterocycles. The minimum atomic E-state index is -4.00. The third kappa shape index (κ3) is 5.67. The average Bonchev–Trinajstić information content (AvgIpc) is 2.76. The summed E-state index contributed by atoms with van der Waals surface area (Å²) in [5.74, 6) is 0.591. The van der Waals surface area contributed by atoms with Gasteiger partial charge in [-0.15, -0.1) is 6.58 Å². The Labute approximate surface area is 184 Å². The minimum Gasteiger partial charge on any atom is -0.490 e. The van der Waals surface area contributed by atoms with Gasteiger partial charge in [-0.1, -0.05) is 42.5 Å². The first-order chi connectivity index (χ1) is 14.9. The number of anilines is 1. The van der Waals surface area contributed by atoms with Gasteiger partial charge in [-0.2, -0.15) is 8.42 Å². The van der Waals surface area contributed by atoms with Crippen molar-refractivity contribution in [2.75, 3.05) is 11.9 Å². The van der Waals surface area contributed by atoms with Crippen LogP contribution in [0.2, 0.25) is 0 Å². The van der Waals surface area contributed by atoms with Gasteiger partial charge < -0.3 is 14.2 Å². The SMILES string of the molecule is C=CCc1cc(CNc2ccccc2C)cc(OCC)c1OS(=O)(=O)c1ccccc1. The molecule has 0 saturated heterocycles. The topological polar surface area (TPSA) is 64.6 Å². The highest BCUT2D eigenvalue weighted by Crippen LogP contribution is 2.36. The maximum atomic E-state index is 12.8. The maximum absolute atomic E-state index is 12.8. The minimum absolute atomic E-state index is 0.0901. The van der Waals surface area contributed by atoms with Crippen LogP contribution in [-0.4, -0.2) is 15.0 Å². The molecule has 3 aromatic carbocycles. The van der Waals surface area contributed by atoms with Gasteiger partial charge in [0.05, 0.1) is 6.61 Å². The Morgan fingerprint density at radius 3 is 2.42 bits per heavy atom. The molecule has 0 saturated carbocycles. The van der Waals surface area contributed by atoms with Crippen molar-refractivity contribution in [3.8, 4) is 11.5 Å². The van der Waals surface area contributed by atoms with Crippen LogP contribution in [0.15, 0.2) is 84.3 Å². The largest absolute Gasteiger partial charge is 0.490 e. The van der Waals surface area contributed by atoms with E-state index in [1.165, 1.54) is 12.1 Å². The van der Waals surface area contributed by atoms with Gasteiger partial charge in [-0.05, 0) is 61.7 Å². The first-order valence-corrected chi connectivity index (χ1v) is 11.5. The summed E-state index contributed by atoms with van der Waals surface area (Å²) in [6, 6.07) is 19.9. The highest BCUT2D eigenvalue weighted by Gasteiger charge is 2.22. The molecule has 0 unspecified atom stereocenters. The fourth-order valence-electron chi connectivity index (χ4n) is 3.20. The van der Waals surface area contributed by atoms with Crippen molar-refractivity contribution in [3.05, 3.63) is 96.1 Å². The van der Waals surface area contributed by atoms with Gasteiger partial charge in [0, 0.05) is 17.8 Å². The zero-order valence-corrected chi connectivity index (χ0v) is 18.6. The third-order valence-electron chi connectivity index (χ3n) is 4.71. The monoisotopic (exact) mass is 437 g/mol. The van der Waals surface area contributed by atoms with Crippen molar-refractivity contribution in [3.63, 3.8) is 0 Å². The van der Waals surface area contributed by atoms with Crippen LogP contribution < -0.4 is 14.2 Å². The summed E-state index contributed by atoms with van der Waals surface area (Å²) >= 11 is 0. The normalized spacial score (nSPS) is 11.0. The summed E-state index contributed by atoms with van der Waals surface area (Å²) in [6.07, 6.45) is 2.16. The second-order valence-electron chi connectivity index (χ2n) is 7.03. The van der Waals surface area contributed by atoms with Crippen LogP contribution >= 0.6 is 0 Å². The van der Waals surface area contributed by atoms with Gasteiger partial charge in [0.2, 0.25) is 0 Å². The van der Waals surface area contributed by atoms with Crippen LogP contribution in [0.5, 0.6) is 11.5 Å². The number of allylic oxidation sites excluding steroid dienone is 1. The van der Waals surface area contributed by atoms with Gasteiger partial charge in [-0.25, -0.2) is 0 Å². The molecule has 31 heavy (non-hydrogen) atoms. The fraction of sp³-hybridized carbons (Fsp3) is 0.200. The number of aryl methyl sites for hydroxylation is 1. The van der Waals surface area contributed by atoms with Crippen LogP contribution in [0, 0.1) is 6.92 Å². The van der Waals surface area contributed by atoms with Crippen LogP contribution in [0.4, 0.5) is 5.69 Å². The summed E-state index contributed by atoms with van der Waals surface area (Å²) in [4.78, 5) is 0.0901. The summed E-state index contributed by atoms with van der Waals surface area (Å²) in [7, 11) is -4.00. The van der Waals surface area contributed by atoms with E-state index in [2.05, 4.69) is 11.9 Å². The molecule has 5 nitrogen and oxygen atoms in total. The molecule has 0 aliphatic rings. The van der Waals surface area contributed by atoms with Crippen molar-refractivity contribution < 1.29 is 17.3 Å². The Morgan fingerprint density at radius 1 is 1.03 bits per heavy atom. The third-order valence-corrected chi connectivity index (χ3v) is 5.94. The number of ether oxygens (including phenoxy) is 1. The molecular weight excluding hydrogens is 410 g/mol. The Bertz CT molecular complexity index is 1140. The summed E-state index contributed by atoms with van der Waals surface area (Å²) in [5, 5.41) is 3.42. The number of para-hydroxylation sites is 1. The standard InChI is InChI=1S/C25H27NO4S/c1-4-11-21-16-20(18-26-23-15-10-9-12-19(23)3)17-24(29-5-2)25(21)30-31(27,28)22-13-7-6-8-14-22/h4,6-10,12-17,26H,1,5,11,18H2,2-3H3. The smallest absolute Gasteiger partial charge is 0.339 e. The van der Waals surface area contributed by atoms with Crippen LogP contribution in [0.25, 0.3) is 0 Å². The summed E-state index contributed by atoms with van der Waals surface area (Å²) in [6.45, 7) is 8.63. The first kappa shape index (κ1) is 22.4. The quantitative estimate of drug-likeness (QED) is 0.335. The predicted molar refractivity (Wildman–Crippen MR) is 124 cm³/mol. The van der Waals surface area contributed by atoms with Gasteiger partial charge >= 0.3 is 10.1 Å². The predicted octanol–water partition coefficient (Wildman–Crippen LogP) is 5.50. The number of hydrogen-bond donors (Lipinski definition) is 1. The molecule has 0 aliphatic carbocycles. The molecule has 0 atom stereocenters. The van der Waals surface area contributed by atoms with Crippen molar-refractivity contribution in [1.29, 1.82) is 0 Å². The summed E-state index contributed by atoms with van der Waals surface area (Å²) < 4.78 is 37.0. The van der Waals surface area contributed by atoms with E-state index < -0.39 is 10.1 Å². The van der Waals surface area contributed by atoms with Crippen LogP contribution in [-0.2, 0) is 23.1 Å². The zero-order chi connectivity index (χ0) is 22.3.